The minimum Gasteiger partial charge on any atom is -0.449 e. The molecule has 1 aliphatic rings. The van der Waals surface area contributed by atoms with Crippen molar-refractivity contribution < 1.29 is 14.3 Å². The van der Waals surface area contributed by atoms with Gasteiger partial charge in [0, 0.05) is 11.1 Å². The molecule has 0 bridgehead atoms. The van der Waals surface area contributed by atoms with Crippen LogP contribution in [0.1, 0.15) is 46.1 Å². The zero-order valence-electron chi connectivity index (χ0n) is 14.0. The van der Waals surface area contributed by atoms with Crippen molar-refractivity contribution in [2.24, 2.45) is 0 Å². The van der Waals surface area contributed by atoms with Crippen LogP contribution in [0.25, 0.3) is 0 Å². The summed E-state index contributed by atoms with van der Waals surface area (Å²) in [5, 5.41) is 12.7. The highest BCUT2D eigenvalue weighted by Gasteiger charge is 2.25. The molecule has 26 heavy (non-hydrogen) atoms. The summed E-state index contributed by atoms with van der Waals surface area (Å²) >= 11 is 7.29. The number of aromatic nitrogens is 1. The van der Waals surface area contributed by atoms with Crippen LogP contribution in [0.15, 0.2) is 18.3 Å². The molecule has 3 rings (SSSR count). The largest absolute Gasteiger partial charge is 0.449 e. The number of hydrogen-bond donors (Lipinski definition) is 1. The Morgan fingerprint density at radius 2 is 2.19 bits per heavy atom. The molecule has 2 aromatic heterocycles. The summed E-state index contributed by atoms with van der Waals surface area (Å²) in [4.78, 5) is 29.5. The number of aryl methyl sites for hydroxylation is 1. The number of carbonyl (C=O) groups is 2. The second-order valence-electron chi connectivity index (χ2n) is 5.91. The van der Waals surface area contributed by atoms with Gasteiger partial charge in [-0.1, -0.05) is 11.6 Å². The summed E-state index contributed by atoms with van der Waals surface area (Å²) in [5.74, 6) is -1.22. The van der Waals surface area contributed by atoms with Gasteiger partial charge in [0.25, 0.3) is 5.91 Å². The average molecular weight is 390 g/mol. The van der Waals surface area contributed by atoms with Crippen molar-refractivity contribution in [1.29, 1.82) is 5.26 Å². The fourth-order valence-corrected chi connectivity index (χ4v) is 4.24. The summed E-state index contributed by atoms with van der Waals surface area (Å²) in [7, 11) is 0. The highest BCUT2D eigenvalue weighted by Crippen LogP contribution is 2.37. The third-order valence-electron chi connectivity index (χ3n) is 4.15. The second kappa shape index (κ2) is 7.85. The summed E-state index contributed by atoms with van der Waals surface area (Å²) in [6, 6.07) is 5.22. The van der Waals surface area contributed by atoms with Crippen molar-refractivity contribution in [3.05, 3.63) is 45.1 Å². The first-order valence-corrected chi connectivity index (χ1v) is 9.37. The van der Waals surface area contributed by atoms with Gasteiger partial charge < -0.3 is 10.1 Å². The van der Waals surface area contributed by atoms with Gasteiger partial charge in [0.05, 0.1) is 11.1 Å². The molecule has 1 aliphatic carbocycles. The monoisotopic (exact) mass is 389 g/mol. The summed E-state index contributed by atoms with van der Waals surface area (Å²) in [6.07, 6.45) is 4.34. The molecular weight excluding hydrogens is 374 g/mol. The molecule has 1 N–H and O–H groups in total. The summed E-state index contributed by atoms with van der Waals surface area (Å²) in [5.41, 5.74) is 1.65. The van der Waals surface area contributed by atoms with Crippen molar-refractivity contribution in [2.45, 2.75) is 38.7 Å². The molecule has 0 spiro atoms. The molecule has 0 saturated heterocycles. The Hall–Kier alpha value is -2.43. The van der Waals surface area contributed by atoms with Crippen LogP contribution in [0.2, 0.25) is 5.15 Å². The number of nitrogens with zero attached hydrogens (tertiary/aromatic N) is 2. The van der Waals surface area contributed by atoms with Crippen molar-refractivity contribution in [3.8, 4) is 6.07 Å². The fraction of sp³-hybridized carbons (Fsp3) is 0.333. The highest BCUT2D eigenvalue weighted by molar-refractivity contribution is 7.16. The first-order valence-electron chi connectivity index (χ1n) is 8.18. The van der Waals surface area contributed by atoms with Gasteiger partial charge in [-0.15, -0.1) is 11.3 Å². The van der Waals surface area contributed by atoms with Crippen molar-refractivity contribution in [2.75, 3.05) is 5.32 Å². The van der Waals surface area contributed by atoms with E-state index < -0.39 is 18.0 Å². The van der Waals surface area contributed by atoms with E-state index in [-0.39, 0.29) is 10.7 Å². The molecule has 1 atom stereocenters. The molecule has 0 fully saturated rings. The van der Waals surface area contributed by atoms with Gasteiger partial charge in [0.2, 0.25) is 0 Å². The maximum atomic E-state index is 12.4. The molecule has 0 aliphatic heterocycles. The van der Waals surface area contributed by atoms with Crippen LogP contribution in [-0.4, -0.2) is 23.0 Å². The van der Waals surface area contributed by atoms with Crippen LogP contribution < -0.4 is 5.32 Å². The zero-order chi connectivity index (χ0) is 18.7. The van der Waals surface area contributed by atoms with Gasteiger partial charge >= 0.3 is 5.97 Å². The van der Waals surface area contributed by atoms with Gasteiger partial charge in [0.1, 0.15) is 16.2 Å². The number of ether oxygens (including phenoxy) is 1. The molecule has 2 heterocycles. The highest BCUT2D eigenvalue weighted by atomic mass is 35.5. The molecule has 1 amide bonds. The van der Waals surface area contributed by atoms with E-state index in [9.17, 15) is 14.9 Å². The van der Waals surface area contributed by atoms with Gasteiger partial charge in [-0.2, -0.15) is 5.26 Å². The van der Waals surface area contributed by atoms with Gasteiger partial charge in [0.15, 0.2) is 6.10 Å². The number of nitrogens with one attached hydrogen (secondary N) is 1. The molecule has 0 aromatic carbocycles. The minimum absolute atomic E-state index is 0.0165. The fourth-order valence-electron chi connectivity index (χ4n) is 2.80. The third kappa shape index (κ3) is 3.71. The number of pyridine rings is 1. The summed E-state index contributed by atoms with van der Waals surface area (Å²) in [6.45, 7) is 1.47. The van der Waals surface area contributed by atoms with E-state index in [0.29, 0.717) is 10.6 Å². The molecule has 1 unspecified atom stereocenters. The topological polar surface area (TPSA) is 92.1 Å². The Balaban J connectivity index is 1.70. The Kier molecular flexibility index (Phi) is 5.55. The number of hydrogen-bond acceptors (Lipinski definition) is 6. The van der Waals surface area contributed by atoms with Gasteiger partial charge in [-0.05, 0) is 50.3 Å². The molecule has 134 valence electrons. The number of rotatable bonds is 4. The number of carbonyl (C=O) groups excluding carboxylic acids is 2. The molecule has 8 heteroatoms. The Bertz CT molecular complexity index is 904. The molecule has 6 nitrogen and oxygen atoms in total. The number of thiophene rings is 1. The minimum atomic E-state index is -1.04. The van der Waals surface area contributed by atoms with E-state index in [1.54, 1.807) is 6.07 Å². The standard InChI is InChI=1S/C18H16ClN3O3S/c1-10(25-18(24)12-6-4-8-21-15(12)19)16(23)22-17-13(9-20)11-5-2-3-7-14(11)26-17/h4,6,8,10H,2-3,5,7H2,1H3,(H,22,23). The maximum Gasteiger partial charge on any atom is 0.342 e. The average Bonchev–Trinajstić information content (AvgIpc) is 2.98. The van der Waals surface area contributed by atoms with E-state index in [1.165, 1.54) is 30.5 Å². The Morgan fingerprint density at radius 1 is 1.42 bits per heavy atom. The van der Waals surface area contributed by atoms with E-state index >= 15 is 0 Å². The molecule has 0 saturated carbocycles. The van der Waals surface area contributed by atoms with Crippen LogP contribution in [0.4, 0.5) is 5.00 Å². The maximum absolute atomic E-state index is 12.4. The van der Waals surface area contributed by atoms with E-state index in [4.69, 9.17) is 16.3 Å². The van der Waals surface area contributed by atoms with Crippen molar-refractivity contribution in [1.82, 2.24) is 4.98 Å². The molecule has 2 aromatic rings. The van der Waals surface area contributed by atoms with Crippen LogP contribution in [0, 0.1) is 11.3 Å². The Labute approximate surface area is 159 Å². The van der Waals surface area contributed by atoms with E-state index in [0.717, 1.165) is 36.1 Å². The molecular formula is C18H16ClN3O3S. The van der Waals surface area contributed by atoms with Crippen molar-refractivity contribution >= 4 is 39.8 Å². The van der Waals surface area contributed by atoms with Gasteiger partial charge in [-0.3, -0.25) is 4.79 Å². The van der Waals surface area contributed by atoms with Crippen LogP contribution in [0.5, 0.6) is 0 Å². The first kappa shape index (κ1) is 18.4. The Morgan fingerprint density at radius 3 is 2.92 bits per heavy atom. The summed E-state index contributed by atoms with van der Waals surface area (Å²) < 4.78 is 5.17. The number of halogens is 1. The number of amides is 1. The normalized spacial score (nSPS) is 14.0. The SMILES string of the molecule is CC(OC(=O)c1cccnc1Cl)C(=O)Nc1sc2c(c1C#N)CCCC2. The molecule has 0 radical (unpaired) electrons. The van der Waals surface area contributed by atoms with Crippen LogP contribution in [0.3, 0.4) is 0 Å². The lowest BCUT2D eigenvalue weighted by molar-refractivity contribution is -0.123. The quantitative estimate of drug-likeness (QED) is 0.635. The van der Waals surface area contributed by atoms with E-state index in [1.807, 2.05) is 0 Å². The number of nitriles is 1. The first-order chi connectivity index (χ1) is 12.5. The van der Waals surface area contributed by atoms with Crippen LogP contribution >= 0.6 is 22.9 Å². The van der Waals surface area contributed by atoms with Crippen LogP contribution in [-0.2, 0) is 22.4 Å². The van der Waals surface area contributed by atoms with Gasteiger partial charge in [-0.25, -0.2) is 9.78 Å². The number of anilines is 1. The zero-order valence-corrected chi connectivity index (χ0v) is 15.6. The lowest BCUT2D eigenvalue weighted by atomic mass is 9.96. The lowest BCUT2D eigenvalue weighted by Gasteiger charge is -2.13. The lowest BCUT2D eigenvalue weighted by Crippen LogP contribution is -2.30. The number of esters is 1. The second-order valence-corrected chi connectivity index (χ2v) is 7.37. The predicted octanol–water partition coefficient (Wildman–Crippen LogP) is 3.73. The third-order valence-corrected chi connectivity index (χ3v) is 5.66. The van der Waals surface area contributed by atoms with E-state index in [2.05, 4.69) is 16.4 Å². The smallest absolute Gasteiger partial charge is 0.342 e. The number of fused-ring (bicyclic) bond motifs is 1. The predicted molar refractivity (Wildman–Crippen MR) is 98.4 cm³/mol. The van der Waals surface area contributed by atoms with Crippen molar-refractivity contribution in [3.63, 3.8) is 0 Å².